The number of hydrogen-bond donors (Lipinski definition) is 2. The molecule has 0 bridgehead atoms. The van der Waals surface area contributed by atoms with Gasteiger partial charge in [-0.25, -0.2) is 0 Å². The number of aliphatic hydroxyl groups excluding tert-OH is 1. The molecule has 0 saturated carbocycles. The van der Waals surface area contributed by atoms with Gasteiger partial charge in [0.15, 0.2) is 0 Å². The van der Waals surface area contributed by atoms with Crippen LogP contribution >= 0.6 is 0 Å². The van der Waals surface area contributed by atoms with E-state index in [4.69, 9.17) is 5.11 Å². The van der Waals surface area contributed by atoms with Crippen molar-refractivity contribution in [3.8, 4) is 0 Å². The average Bonchev–Trinajstić information content (AvgIpc) is 1.87. The number of aliphatic hydroxyl groups is 1. The summed E-state index contributed by atoms with van der Waals surface area (Å²) in [6.07, 6.45) is 3.39. The fraction of sp³-hybridized carbons (Fsp3) is 0.625. The number of carbonyl (C=O) groups is 1. The highest BCUT2D eigenvalue weighted by molar-refractivity contribution is 5.87. The van der Waals surface area contributed by atoms with E-state index in [2.05, 4.69) is 5.32 Å². The number of hydrogen-bond acceptors (Lipinski definition) is 2. The molecule has 0 aromatic carbocycles. The molecule has 0 aliphatic rings. The lowest BCUT2D eigenvalue weighted by Gasteiger charge is -2.03. The molecule has 2 N–H and O–H groups in total. The van der Waals surface area contributed by atoms with Crippen molar-refractivity contribution in [2.75, 3.05) is 6.54 Å². The number of nitrogens with one attached hydrogen (secondary N) is 1. The molecule has 3 heteroatoms. The Morgan fingerprint density at radius 3 is 2.82 bits per heavy atom. The normalized spacial score (nSPS) is 13.4. The van der Waals surface area contributed by atoms with Gasteiger partial charge in [-0.1, -0.05) is 6.08 Å². The van der Waals surface area contributed by atoms with Crippen molar-refractivity contribution < 1.29 is 9.90 Å². The Balaban J connectivity index is 3.32. The molecule has 0 unspecified atom stereocenters. The SMILES string of the molecule is C/C=C/C(=O)NCC[C@@H](C)O. The van der Waals surface area contributed by atoms with Crippen LogP contribution in [-0.2, 0) is 4.79 Å². The van der Waals surface area contributed by atoms with Crippen LogP contribution in [0.1, 0.15) is 20.3 Å². The van der Waals surface area contributed by atoms with Crippen molar-refractivity contribution in [2.45, 2.75) is 26.4 Å². The molecule has 0 spiro atoms. The van der Waals surface area contributed by atoms with E-state index in [1.54, 1.807) is 19.9 Å². The molecule has 0 heterocycles. The quantitative estimate of drug-likeness (QED) is 0.582. The Morgan fingerprint density at radius 2 is 2.36 bits per heavy atom. The van der Waals surface area contributed by atoms with Crippen LogP contribution in [0, 0.1) is 0 Å². The lowest BCUT2D eigenvalue weighted by atomic mass is 10.3. The van der Waals surface area contributed by atoms with Gasteiger partial charge < -0.3 is 10.4 Å². The van der Waals surface area contributed by atoms with Crippen molar-refractivity contribution in [3.63, 3.8) is 0 Å². The van der Waals surface area contributed by atoms with Crippen molar-refractivity contribution in [1.82, 2.24) is 5.32 Å². The Kier molecular flexibility index (Phi) is 5.47. The fourth-order valence-corrected chi connectivity index (χ4v) is 0.615. The number of amides is 1. The summed E-state index contributed by atoms with van der Waals surface area (Å²) in [6.45, 7) is 4.01. The Bertz CT molecular complexity index is 141. The monoisotopic (exact) mass is 157 g/mol. The maximum atomic E-state index is 10.7. The summed E-state index contributed by atoms with van der Waals surface area (Å²) < 4.78 is 0. The molecule has 11 heavy (non-hydrogen) atoms. The zero-order chi connectivity index (χ0) is 8.69. The molecule has 0 rings (SSSR count). The Morgan fingerprint density at radius 1 is 1.73 bits per heavy atom. The molecule has 0 aliphatic heterocycles. The minimum atomic E-state index is -0.346. The molecule has 0 aromatic rings. The van der Waals surface area contributed by atoms with Gasteiger partial charge in [-0.2, -0.15) is 0 Å². The standard InChI is InChI=1S/C8H15NO2/c1-3-4-8(11)9-6-5-7(2)10/h3-4,7,10H,5-6H2,1-2H3,(H,9,11)/b4-3+/t7-/m1/s1. The van der Waals surface area contributed by atoms with Gasteiger partial charge in [0.1, 0.15) is 0 Å². The lowest BCUT2D eigenvalue weighted by molar-refractivity contribution is -0.116. The lowest BCUT2D eigenvalue weighted by Crippen LogP contribution is -2.24. The van der Waals surface area contributed by atoms with Gasteiger partial charge >= 0.3 is 0 Å². The molecule has 64 valence electrons. The zero-order valence-electron chi connectivity index (χ0n) is 7.00. The van der Waals surface area contributed by atoms with Crippen LogP contribution < -0.4 is 5.32 Å². The third-order valence-corrected chi connectivity index (χ3v) is 1.18. The summed E-state index contributed by atoms with van der Waals surface area (Å²) in [7, 11) is 0. The predicted octanol–water partition coefficient (Wildman–Crippen LogP) is 0.450. The van der Waals surface area contributed by atoms with Crippen LogP contribution in [0.5, 0.6) is 0 Å². The molecule has 0 saturated heterocycles. The first kappa shape index (κ1) is 10.2. The summed E-state index contributed by atoms with van der Waals surface area (Å²) in [5.74, 6) is -0.104. The first-order valence-electron chi connectivity index (χ1n) is 3.75. The van der Waals surface area contributed by atoms with Crippen molar-refractivity contribution in [2.24, 2.45) is 0 Å². The third kappa shape index (κ3) is 7.06. The number of carbonyl (C=O) groups excluding carboxylic acids is 1. The molecule has 0 fully saturated rings. The van der Waals surface area contributed by atoms with Gasteiger partial charge in [0.25, 0.3) is 0 Å². The molecular formula is C8H15NO2. The predicted molar refractivity (Wildman–Crippen MR) is 44.1 cm³/mol. The van der Waals surface area contributed by atoms with Crippen molar-refractivity contribution >= 4 is 5.91 Å². The highest BCUT2D eigenvalue weighted by Crippen LogP contribution is 1.85. The topological polar surface area (TPSA) is 49.3 Å². The van der Waals surface area contributed by atoms with E-state index in [-0.39, 0.29) is 12.0 Å². The van der Waals surface area contributed by atoms with Crippen LogP contribution in [0.4, 0.5) is 0 Å². The maximum absolute atomic E-state index is 10.7. The number of allylic oxidation sites excluding steroid dienone is 1. The van der Waals surface area contributed by atoms with Crippen LogP contribution in [-0.4, -0.2) is 23.7 Å². The van der Waals surface area contributed by atoms with E-state index in [1.807, 2.05) is 0 Å². The van der Waals surface area contributed by atoms with Gasteiger partial charge in [0, 0.05) is 6.54 Å². The van der Waals surface area contributed by atoms with E-state index in [0.717, 1.165) is 0 Å². The van der Waals surface area contributed by atoms with E-state index in [1.165, 1.54) is 6.08 Å². The average molecular weight is 157 g/mol. The molecule has 1 atom stereocenters. The third-order valence-electron chi connectivity index (χ3n) is 1.18. The van der Waals surface area contributed by atoms with Crippen molar-refractivity contribution in [3.05, 3.63) is 12.2 Å². The Hall–Kier alpha value is -0.830. The minimum Gasteiger partial charge on any atom is -0.393 e. The highest BCUT2D eigenvalue weighted by atomic mass is 16.3. The number of rotatable bonds is 4. The van der Waals surface area contributed by atoms with E-state index < -0.39 is 0 Å². The van der Waals surface area contributed by atoms with Crippen molar-refractivity contribution in [1.29, 1.82) is 0 Å². The van der Waals surface area contributed by atoms with Crippen LogP contribution in [0.25, 0.3) is 0 Å². The summed E-state index contributed by atoms with van der Waals surface area (Å²) in [6, 6.07) is 0. The molecule has 0 radical (unpaired) electrons. The second-order valence-corrected chi connectivity index (χ2v) is 2.43. The van der Waals surface area contributed by atoms with Gasteiger partial charge in [-0.15, -0.1) is 0 Å². The zero-order valence-corrected chi connectivity index (χ0v) is 7.00. The second-order valence-electron chi connectivity index (χ2n) is 2.43. The molecule has 0 aromatic heterocycles. The highest BCUT2D eigenvalue weighted by Gasteiger charge is 1.96. The first-order valence-corrected chi connectivity index (χ1v) is 3.75. The largest absolute Gasteiger partial charge is 0.393 e. The van der Waals surface area contributed by atoms with Gasteiger partial charge in [-0.05, 0) is 26.3 Å². The Labute approximate surface area is 67.1 Å². The van der Waals surface area contributed by atoms with Crippen LogP contribution in [0.15, 0.2) is 12.2 Å². The maximum Gasteiger partial charge on any atom is 0.243 e. The summed E-state index contributed by atoms with van der Waals surface area (Å²) in [5.41, 5.74) is 0. The molecule has 3 nitrogen and oxygen atoms in total. The molecule has 0 aliphatic carbocycles. The molecular weight excluding hydrogens is 142 g/mol. The smallest absolute Gasteiger partial charge is 0.243 e. The summed E-state index contributed by atoms with van der Waals surface area (Å²) in [4.78, 5) is 10.7. The van der Waals surface area contributed by atoms with Gasteiger partial charge in [-0.3, -0.25) is 4.79 Å². The second kappa shape index (κ2) is 5.92. The summed E-state index contributed by atoms with van der Waals surface area (Å²) >= 11 is 0. The van der Waals surface area contributed by atoms with Gasteiger partial charge in [0.05, 0.1) is 6.10 Å². The van der Waals surface area contributed by atoms with E-state index in [0.29, 0.717) is 13.0 Å². The van der Waals surface area contributed by atoms with Crippen LogP contribution in [0.2, 0.25) is 0 Å². The van der Waals surface area contributed by atoms with Crippen LogP contribution in [0.3, 0.4) is 0 Å². The molecule has 1 amide bonds. The fourth-order valence-electron chi connectivity index (χ4n) is 0.615. The summed E-state index contributed by atoms with van der Waals surface area (Å²) in [5, 5.41) is 11.5. The van der Waals surface area contributed by atoms with E-state index >= 15 is 0 Å². The first-order chi connectivity index (χ1) is 5.16. The van der Waals surface area contributed by atoms with Gasteiger partial charge in [0.2, 0.25) is 5.91 Å². The minimum absolute atomic E-state index is 0.104. The van der Waals surface area contributed by atoms with E-state index in [9.17, 15) is 4.79 Å².